The number of benzene rings is 1. The Labute approximate surface area is 94.7 Å². The average Bonchev–Trinajstić information content (AvgIpc) is 2.53. The zero-order valence-corrected chi connectivity index (χ0v) is 9.33. The predicted molar refractivity (Wildman–Crippen MR) is 64.2 cm³/mol. The number of hydrogen-bond donors (Lipinski definition) is 2. The van der Waals surface area contributed by atoms with Gasteiger partial charge in [0.15, 0.2) is 0 Å². The zero-order chi connectivity index (χ0) is 10.8. The van der Waals surface area contributed by atoms with Crippen LogP contribution in [-0.4, -0.2) is 18.3 Å². The smallest absolute Gasteiger partial charge is 0.232 e. The van der Waals surface area contributed by atoms with E-state index in [1.165, 1.54) is 5.56 Å². The highest BCUT2D eigenvalue weighted by Gasteiger charge is 2.25. The highest BCUT2D eigenvalue weighted by molar-refractivity contribution is 7.80. The van der Waals surface area contributed by atoms with Gasteiger partial charge in [0.1, 0.15) is 0 Å². The Morgan fingerprint density at radius 1 is 1.47 bits per heavy atom. The van der Waals surface area contributed by atoms with E-state index in [4.69, 9.17) is 5.73 Å². The maximum atomic E-state index is 11.6. The lowest BCUT2D eigenvalue weighted by molar-refractivity contribution is -0.117. The van der Waals surface area contributed by atoms with Gasteiger partial charge in [0.25, 0.3) is 0 Å². The minimum Gasteiger partial charge on any atom is -0.330 e. The molecule has 0 unspecified atom stereocenters. The summed E-state index contributed by atoms with van der Waals surface area (Å²) in [4.78, 5) is 13.3. The van der Waals surface area contributed by atoms with Gasteiger partial charge in [-0.05, 0) is 30.2 Å². The molecule has 1 aliphatic rings. The van der Waals surface area contributed by atoms with E-state index < -0.39 is 0 Å². The molecular formula is C11H14N2OS. The fourth-order valence-electron chi connectivity index (χ4n) is 1.91. The van der Waals surface area contributed by atoms with Crippen molar-refractivity contribution in [1.29, 1.82) is 0 Å². The van der Waals surface area contributed by atoms with Crippen LogP contribution in [-0.2, 0) is 17.6 Å². The Morgan fingerprint density at radius 3 is 2.93 bits per heavy atom. The molecule has 80 valence electrons. The third-order valence-electron chi connectivity index (χ3n) is 2.65. The van der Waals surface area contributed by atoms with E-state index in [9.17, 15) is 4.79 Å². The maximum Gasteiger partial charge on any atom is 0.232 e. The molecule has 1 aliphatic heterocycles. The molecule has 1 heterocycles. The number of amides is 1. The largest absolute Gasteiger partial charge is 0.330 e. The Hall–Kier alpha value is -1.00. The molecule has 2 N–H and O–H groups in total. The summed E-state index contributed by atoms with van der Waals surface area (Å²) in [6.07, 6.45) is 1.36. The van der Waals surface area contributed by atoms with Gasteiger partial charge in [0.05, 0.1) is 12.3 Å². The summed E-state index contributed by atoms with van der Waals surface area (Å²) in [5.74, 6) is 0.576. The Bertz CT molecular complexity index is 392. The molecule has 0 bridgehead atoms. The van der Waals surface area contributed by atoms with Crippen LogP contribution >= 0.6 is 12.6 Å². The van der Waals surface area contributed by atoms with Crippen molar-refractivity contribution in [2.45, 2.75) is 12.8 Å². The SMILES string of the molecule is NCCc1ccc2c(c1)CC(=O)N2CS. The number of rotatable bonds is 3. The van der Waals surface area contributed by atoms with E-state index in [1.807, 2.05) is 12.1 Å². The van der Waals surface area contributed by atoms with Crippen LogP contribution in [0.1, 0.15) is 11.1 Å². The van der Waals surface area contributed by atoms with Crippen molar-refractivity contribution in [2.75, 3.05) is 17.3 Å². The van der Waals surface area contributed by atoms with Crippen molar-refractivity contribution in [3.63, 3.8) is 0 Å². The van der Waals surface area contributed by atoms with Crippen LogP contribution in [0.15, 0.2) is 18.2 Å². The minimum atomic E-state index is 0.130. The van der Waals surface area contributed by atoms with Crippen molar-refractivity contribution >= 4 is 24.2 Å². The molecule has 0 saturated carbocycles. The van der Waals surface area contributed by atoms with Crippen LogP contribution in [0.3, 0.4) is 0 Å². The van der Waals surface area contributed by atoms with Gasteiger partial charge in [0, 0.05) is 5.69 Å². The van der Waals surface area contributed by atoms with Gasteiger partial charge in [-0.1, -0.05) is 12.1 Å². The van der Waals surface area contributed by atoms with Gasteiger partial charge in [0.2, 0.25) is 5.91 Å². The van der Waals surface area contributed by atoms with Crippen molar-refractivity contribution in [3.05, 3.63) is 29.3 Å². The Morgan fingerprint density at radius 2 is 2.27 bits per heavy atom. The lowest BCUT2D eigenvalue weighted by atomic mass is 10.1. The van der Waals surface area contributed by atoms with Gasteiger partial charge in [-0.25, -0.2) is 0 Å². The van der Waals surface area contributed by atoms with Gasteiger partial charge in [-0.2, -0.15) is 12.6 Å². The summed E-state index contributed by atoms with van der Waals surface area (Å²) in [5, 5.41) is 0. The summed E-state index contributed by atoms with van der Waals surface area (Å²) in [7, 11) is 0. The molecule has 0 aliphatic carbocycles. The fraction of sp³-hybridized carbons (Fsp3) is 0.364. The van der Waals surface area contributed by atoms with Crippen LogP contribution in [0.25, 0.3) is 0 Å². The van der Waals surface area contributed by atoms with Crippen LogP contribution in [0.5, 0.6) is 0 Å². The van der Waals surface area contributed by atoms with E-state index >= 15 is 0 Å². The van der Waals surface area contributed by atoms with Crippen molar-refractivity contribution in [1.82, 2.24) is 0 Å². The fourth-order valence-corrected chi connectivity index (χ4v) is 2.22. The number of nitrogens with zero attached hydrogens (tertiary/aromatic N) is 1. The van der Waals surface area contributed by atoms with E-state index in [0.29, 0.717) is 18.8 Å². The number of carbonyl (C=O) groups excluding carboxylic acids is 1. The third kappa shape index (κ3) is 1.87. The van der Waals surface area contributed by atoms with Crippen LogP contribution in [0.2, 0.25) is 0 Å². The lowest BCUT2D eigenvalue weighted by Crippen LogP contribution is -2.24. The normalized spacial score (nSPS) is 14.5. The molecule has 1 amide bonds. The van der Waals surface area contributed by atoms with Crippen molar-refractivity contribution in [2.24, 2.45) is 5.73 Å². The Kier molecular flexibility index (Phi) is 2.98. The molecule has 0 radical (unpaired) electrons. The molecule has 3 nitrogen and oxygen atoms in total. The second kappa shape index (κ2) is 4.24. The Balaban J connectivity index is 2.33. The molecule has 0 aromatic heterocycles. The summed E-state index contributed by atoms with van der Waals surface area (Å²) >= 11 is 4.15. The first kappa shape index (κ1) is 10.5. The predicted octanol–water partition coefficient (Wildman–Crippen LogP) is 0.964. The number of hydrogen-bond acceptors (Lipinski definition) is 3. The third-order valence-corrected chi connectivity index (χ3v) is 2.93. The minimum absolute atomic E-state index is 0.130. The summed E-state index contributed by atoms with van der Waals surface area (Å²) in [5.41, 5.74) is 8.79. The number of carbonyl (C=O) groups is 1. The second-order valence-corrected chi connectivity index (χ2v) is 3.92. The molecular weight excluding hydrogens is 208 g/mol. The first-order valence-electron chi connectivity index (χ1n) is 4.99. The lowest BCUT2D eigenvalue weighted by Gasteiger charge is -2.13. The van der Waals surface area contributed by atoms with Gasteiger partial charge < -0.3 is 10.6 Å². The summed E-state index contributed by atoms with van der Waals surface area (Å²) in [6.45, 7) is 0.642. The molecule has 0 fully saturated rings. The second-order valence-electron chi connectivity index (χ2n) is 3.64. The molecule has 0 atom stereocenters. The molecule has 15 heavy (non-hydrogen) atoms. The zero-order valence-electron chi connectivity index (χ0n) is 8.44. The first-order chi connectivity index (χ1) is 7.26. The first-order valence-corrected chi connectivity index (χ1v) is 5.62. The monoisotopic (exact) mass is 222 g/mol. The van der Waals surface area contributed by atoms with Gasteiger partial charge >= 0.3 is 0 Å². The molecule has 1 aromatic rings. The van der Waals surface area contributed by atoms with Crippen LogP contribution in [0, 0.1) is 0 Å². The number of nitrogens with two attached hydrogens (primary N) is 1. The highest BCUT2D eigenvalue weighted by atomic mass is 32.1. The average molecular weight is 222 g/mol. The van der Waals surface area contributed by atoms with Gasteiger partial charge in [-0.3, -0.25) is 4.79 Å². The summed E-state index contributed by atoms with van der Waals surface area (Å²) < 4.78 is 0. The van der Waals surface area contributed by atoms with Crippen molar-refractivity contribution in [3.8, 4) is 0 Å². The van der Waals surface area contributed by atoms with E-state index in [-0.39, 0.29) is 5.91 Å². The molecule has 4 heteroatoms. The standard InChI is InChI=1S/C11H14N2OS/c12-4-3-8-1-2-10-9(5-8)6-11(14)13(10)7-15/h1-2,5,15H,3-4,6-7,12H2. The number of fused-ring (bicyclic) bond motifs is 1. The van der Waals surface area contributed by atoms with Crippen LogP contribution < -0.4 is 10.6 Å². The summed E-state index contributed by atoms with van der Waals surface area (Å²) in [6, 6.07) is 6.09. The molecule has 2 rings (SSSR count). The number of thiol groups is 1. The quantitative estimate of drug-likeness (QED) is 0.748. The van der Waals surface area contributed by atoms with Gasteiger partial charge in [-0.15, -0.1) is 0 Å². The molecule has 1 aromatic carbocycles. The van der Waals surface area contributed by atoms with E-state index in [2.05, 4.69) is 18.7 Å². The highest BCUT2D eigenvalue weighted by Crippen LogP contribution is 2.29. The topological polar surface area (TPSA) is 46.3 Å². The van der Waals surface area contributed by atoms with E-state index in [0.717, 1.165) is 17.7 Å². The van der Waals surface area contributed by atoms with Crippen molar-refractivity contribution < 1.29 is 4.79 Å². The number of anilines is 1. The van der Waals surface area contributed by atoms with Crippen LogP contribution in [0.4, 0.5) is 5.69 Å². The molecule has 0 saturated heterocycles. The van der Waals surface area contributed by atoms with E-state index in [1.54, 1.807) is 4.90 Å². The molecule has 0 spiro atoms. The maximum absolute atomic E-state index is 11.6.